The molecule has 0 fully saturated rings. The van der Waals surface area contributed by atoms with Crippen LogP contribution in [0, 0.1) is 11.3 Å². The van der Waals surface area contributed by atoms with Gasteiger partial charge in [-0.2, -0.15) is 5.26 Å². The molecule has 242 valence electrons. The summed E-state index contributed by atoms with van der Waals surface area (Å²) >= 11 is 0. The first kappa shape index (κ1) is 30.8. The van der Waals surface area contributed by atoms with E-state index < -0.39 is 0 Å². The summed E-state index contributed by atoms with van der Waals surface area (Å²) in [5.74, 6) is 1.92. The second-order valence-electron chi connectivity index (χ2n) is 12.8. The number of hydrogen-bond donors (Lipinski definition) is 0. The lowest BCUT2D eigenvalue weighted by atomic mass is 9.87. The van der Waals surface area contributed by atoms with Crippen LogP contribution in [0.2, 0.25) is 0 Å². The normalized spacial score (nSPS) is 11.1. The van der Waals surface area contributed by atoms with E-state index in [0.717, 1.165) is 50.1 Å². The molecule has 0 saturated carbocycles. The Morgan fingerprint density at radius 1 is 0.346 bits per heavy atom. The largest absolute Gasteiger partial charge is 0.208 e. The molecule has 0 bridgehead atoms. The van der Waals surface area contributed by atoms with E-state index >= 15 is 0 Å². The Kier molecular flexibility index (Phi) is 7.85. The predicted octanol–water partition coefficient (Wildman–Crippen LogP) is 12.1. The van der Waals surface area contributed by atoms with E-state index in [9.17, 15) is 5.26 Å². The van der Waals surface area contributed by atoms with Crippen LogP contribution in [0.25, 0.3) is 89.1 Å². The van der Waals surface area contributed by atoms with E-state index in [1.807, 2.05) is 72.8 Å². The van der Waals surface area contributed by atoms with Crippen molar-refractivity contribution in [3.8, 4) is 73.6 Å². The van der Waals surface area contributed by atoms with Gasteiger partial charge in [-0.3, -0.25) is 0 Å². The highest BCUT2D eigenvalue weighted by molar-refractivity contribution is 6.09. The number of hydrogen-bond acceptors (Lipinski definition) is 4. The lowest BCUT2D eigenvalue weighted by molar-refractivity contribution is 1.07. The molecule has 0 aliphatic carbocycles. The van der Waals surface area contributed by atoms with Gasteiger partial charge in [0.2, 0.25) is 0 Å². The molecule has 0 saturated heterocycles. The van der Waals surface area contributed by atoms with Gasteiger partial charge in [-0.05, 0) is 73.1 Å². The smallest absolute Gasteiger partial charge is 0.164 e. The Morgan fingerprint density at radius 3 is 1.50 bits per heavy atom. The van der Waals surface area contributed by atoms with E-state index in [-0.39, 0.29) is 0 Å². The molecular weight excluding hydrogens is 633 g/mol. The van der Waals surface area contributed by atoms with Crippen LogP contribution in [0.15, 0.2) is 182 Å². The van der Waals surface area contributed by atoms with Crippen molar-refractivity contribution in [1.82, 2.24) is 15.0 Å². The first-order chi connectivity index (χ1) is 25.7. The molecular formula is C48H30N4. The quantitative estimate of drug-likeness (QED) is 0.178. The zero-order valence-electron chi connectivity index (χ0n) is 28.1. The van der Waals surface area contributed by atoms with Crippen LogP contribution in [0.5, 0.6) is 0 Å². The fourth-order valence-corrected chi connectivity index (χ4v) is 6.95. The maximum Gasteiger partial charge on any atom is 0.164 e. The molecule has 52 heavy (non-hydrogen) atoms. The number of fused-ring (bicyclic) bond motifs is 2. The van der Waals surface area contributed by atoms with Crippen molar-refractivity contribution in [3.05, 3.63) is 188 Å². The Morgan fingerprint density at radius 2 is 0.846 bits per heavy atom. The van der Waals surface area contributed by atoms with E-state index in [1.54, 1.807) is 0 Å². The lowest BCUT2D eigenvalue weighted by Gasteiger charge is -2.17. The van der Waals surface area contributed by atoms with Crippen LogP contribution in [0.3, 0.4) is 0 Å². The van der Waals surface area contributed by atoms with Gasteiger partial charge in [0.05, 0.1) is 11.6 Å². The maximum atomic E-state index is 9.46. The number of nitrogens with zero attached hydrogens (tertiary/aromatic N) is 4. The van der Waals surface area contributed by atoms with Crippen molar-refractivity contribution in [2.24, 2.45) is 0 Å². The topological polar surface area (TPSA) is 62.5 Å². The van der Waals surface area contributed by atoms with Gasteiger partial charge in [0, 0.05) is 16.7 Å². The molecule has 4 nitrogen and oxygen atoms in total. The molecule has 0 unspecified atom stereocenters. The summed E-state index contributed by atoms with van der Waals surface area (Å²) in [7, 11) is 0. The van der Waals surface area contributed by atoms with Gasteiger partial charge in [0.15, 0.2) is 17.5 Å². The van der Waals surface area contributed by atoms with E-state index in [4.69, 9.17) is 15.0 Å². The fourth-order valence-electron chi connectivity index (χ4n) is 6.95. The molecule has 0 N–H and O–H groups in total. The van der Waals surface area contributed by atoms with Crippen LogP contribution in [0.4, 0.5) is 0 Å². The van der Waals surface area contributed by atoms with E-state index in [0.29, 0.717) is 23.0 Å². The first-order valence-electron chi connectivity index (χ1n) is 17.2. The van der Waals surface area contributed by atoms with Gasteiger partial charge < -0.3 is 0 Å². The highest BCUT2D eigenvalue weighted by Crippen LogP contribution is 2.41. The third-order valence-electron chi connectivity index (χ3n) is 9.58. The summed E-state index contributed by atoms with van der Waals surface area (Å²) in [5, 5.41) is 14.2. The average molecular weight is 663 g/mol. The predicted molar refractivity (Wildman–Crippen MR) is 212 cm³/mol. The van der Waals surface area contributed by atoms with Crippen LogP contribution < -0.4 is 0 Å². The van der Waals surface area contributed by atoms with Crippen LogP contribution >= 0.6 is 0 Å². The Bertz CT molecular complexity index is 2710. The Hall–Kier alpha value is -7.22. The van der Waals surface area contributed by atoms with Crippen molar-refractivity contribution < 1.29 is 0 Å². The van der Waals surface area contributed by atoms with Gasteiger partial charge in [-0.25, -0.2) is 15.0 Å². The highest BCUT2D eigenvalue weighted by Gasteiger charge is 2.16. The molecule has 0 atom stereocenters. The van der Waals surface area contributed by atoms with Crippen molar-refractivity contribution >= 4 is 21.5 Å². The molecule has 1 heterocycles. The summed E-state index contributed by atoms with van der Waals surface area (Å²) in [6.07, 6.45) is 0. The summed E-state index contributed by atoms with van der Waals surface area (Å²) in [6, 6.07) is 64.8. The second kappa shape index (κ2) is 13.2. The molecule has 0 aliphatic heterocycles. The highest BCUT2D eigenvalue weighted by atomic mass is 15.0. The van der Waals surface area contributed by atoms with Crippen LogP contribution in [0.1, 0.15) is 5.56 Å². The van der Waals surface area contributed by atoms with Gasteiger partial charge in [0.1, 0.15) is 0 Å². The average Bonchev–Trinajstić information content (AvgIpc) is 3.23. The van der Waals surface area contributed by atoms with Crippen LogP contribution in [-0.4, -0.2) is 15.0 Å². The van der Waals surface area contributed by atoms with Crippen molar-refractivity contribution in [1.29, 1.82) is 5.26 Å². The third kappa shape index (κ3) is 5.77. The second-order valence-corrected chi connectivity index (χ2v) is 12.8. The molecule has 0 radical (unpaired) electrons. The molecule has 9 aromatic rings. The molecule has 0 amide bonds. The maximum absolute atomic E-state index is 9.46. The zero-order chi connectivity index (χ0) is 34.9. The molecule has 4 heteroatoms. The molecule has 8 aromatic carbocycles. The number of benzene rings is 8. The number of nitriles is 1. The monoisotopic (exact) mass is 662 g/mol. The van der Waals surface area contributed by atoms with Gasteiger partial charge >= 0.3 is 0 Å². The third-order valence-corrected chi connectivity index (χ3v) is 9.58. The van der Waals surface area contributed by atoms with Gasteiger partial charge in [-0.1, -0.05) is 164 Å². The molecule has 1 aromatic heterocycles. The van der Waals surface area contributed by atoms with Crippen molar-refractivity contribution in [3.63, 3.8) is 0 Å². The van der Waals surface area contributed by atoms with E-state index in [2.05, 4.69) is 115 Å². The lowest BCUT2D eigenvalue weighted by Crippen LogP contribution is -2.00. The summed E-state index contributed by atoms with van der Waals surface area (Å²) in [5.41, 5.74) is 10.2. The van der Waals surface area contributed by atoms with Crippen molar-refractivity contribution in [2.45, 2.75) is 0 Å². The van der Waals surface area contributed by atoms with Crippen molar-refractivity contribution in [2.75, 3.05) is 0 Å². The van der Waals surface area contributed by atoms with Crippen LogP contribution in [-0.2, 0) is 0 Å². The molecule has 9 rings (SSSR count). The fraction of sp³-hybridized carbons (Fsp3) is 0. The summed E-state index contributed by atoms with van der Waals surface area (Å²) in [6.45, 7) is 0. The molecule has 0 spiro atoms. The Balaban J connectivity index is 1.14. The number of rotatable bonds is 6. The minimum atomic E-state index is 0.631. The zero-order valence-corrected chi connectivity index (χ0v) is 28.1. The minimum absolute atomic E-state index is 0.631. The summed E-state index contributed by atoms with van der Waals surface area (Å²) in [4.78, 5) is 14.7. The first-order valence-corrected chi connectivity index (χ1v) is 17.2. The standard InChI is InChI=1S/C48H30N4/c49-31-32-18-20-36(21-19-32)45-41-16-8-7-10-34(41)28-29-43(45)42-17-9-15-35-24-27-40(30-44(35)42)33-22-25-39(26-23-33)48-51-46(37-11-3-1-4-12-37)50-47(52-48)38-13-5-2-6-14-38/h1-30H. The van der Waals surface area contributed by atoms with Gasteiger partial charge in [-0.15, -0.1) is 0 Å². The van der Waals surface area contributed by atoms with Gasteiger partial charge in [0.25, 0.3) is 0 Å². The number of aromatic nitrogens is 3. The Labute approximate surface area is 302 Å². The summed E-state index contributed by atoms with van der Waals surface area (Å²) < 4.78 is 0. The molecule has 0 aliphatic rings. The minimum Gasteiger partial charge on any atom is -0.208 e. The van der Waals surface area contributed by atoms with E-state index in [1.165, 1.54) is 21.5 Å². The SMILES string of the molecule is N#Cc1ccc(-c2c(-c3cccc4ccc(-c5ccc(-c6nc(-c7ccccc7)nc(-c7ccccc7)n6)cc5)cc34)ccc3ccccc23)cc1.